The zero-order valence-corrected chi connectivity index (χ0v) is 38.5. The Bertz CT molecular complexity index is 4040. The van der Waals surface area contributed by atoms with E-state index in [1.807, 2.05) is 0 Å². The molecule has 1 heterocycles. The molecule has 2 nitrogen and oxygen atoms in total. The van der Waals surface area contributed by atoms with E-state index in [0.29, 0.717) is 0 Å². The number of anilines is 3. The molecule has 0 spiro atoms. The Morgan fingerprint density at radius 2 is 0.786 bits per heavy atom. The zero-order chi connectivity index (χ0) is 46.4. The lowest BCUT2D eigenvalue weighted by molar-refractivity contribution is 1.18. The van der Waals surface area contributed by atoms with Gasteiger partial charge in [-0.2, -0.15) is 0 Å². The molecule has 1 aromatic heterocycles. The van der Waals surface area contributed by atoms with Gasteiger partial charge in [-0.05, 0) is 138 Å². The number of benzene rings is 12. The summed E-state index contributed by atoms with van der Waals surface area (Å²) >= 11 is 0. The third-order valence-corrected chi connectivity index (χ3v) is 14.0. The molecule has 0 atom stereocenters. The average Bonchev–Trinajstić information content (AvgIpc) is 3.77. The van der Waals surface area contributed by atoms with Gasteiger partial charge in [0, 0.05) is 33.4 Å². The Morgan fingerprint density at radius 1 is 0.257 bits per heavy atom. The lowest BCUT2D eigenvalue weighted by Crippen LogP contribution is -2.12. The number of aromatic nitrogens is 1. The van der Waals surface area contributed by atoms with Gasteiger partial charge in [-0.3, -0.25) is 0 Å². The summed E-state index contributed by atoms with van der Waals surface area (Å²) in [5.41, 5.74) is 18.5. The van der Waals surface area contributed by atoms with E-state index in [1.165, 1.54) is 82.3 Å². The van der Waals surface area contributed by atoms with Crippen molar-refractivity contribution in [1.29, 1.82) is 0 Å². The molecule has 0 aliphatic carbocycles. The molecule has 0 unspecified atom stereocenters. The summed E-state index contributed by atoms with van der Waals surface area (Å²) in [6.45, 7) is 0. The Hall–Kier alpha value is -9.24. The van der Waals surface area contributed by atoms with E-state index in [9.17, 15) is 0 Å². The number of para-hydroxylation sites is 2. The lowest BCUT2D eigenvalue weighted by Gasteiger charge is -2.30. The van der Waals surface area contributed by atoms with Gasteiger partial charge in [0.2, 0.25) is 0 Å². The maximum absolute atomic E-state index is 2.47. The minimum atomic E-state index is 1.07. The van der Waals surface area contributed by atoms with Crippen molar-refractivity contribution in [2.75, 3.05) is 4.90 Å². The van der Waals surface area contributed by atoms with Gasteiger partial charge >= 0.3 is 0 Å². The first-order valence-electron chi connectivity index (χ1n) is 24.1. The van der Waals surface area contributed by atoms with Crippen molar-refractivity contribution in [1.82, 2.24) is 4.57 Å². The predicted octanol–water partition coefficient (Wildman–Crippen LogP) is 18.9. The van der Waals surface area contributed by atoms with Crippen LogP contribution in [0.2, 0.25) is 0 Å². The topological polar surface area (TPSA) is 8.17 Å². The molecule has 0 N–H and O–H groups in total. The van der Waals surface area contributed by atoms with Crippen LogP contribution in [0.15, 0.2) is 279 Å². The van der Waals surface area contributed by atoms with Crippen molar-refractivity contribution in [3.63, 3.8) is 0 Å². The highest BCUT2D eigenvalue weighted by atomic mass is 15.1. The third-order valence-electron chi connectivity index (χ3n) is 14.0. The van der Waals surface area contributed by atoms with E-state index in [4.69, 9.17) is 0 Å². The highest BCUT2D eigenvalue weighted by molar-refractivity contribution is 6.14. The Balaban J connectivity index is 1.03. The van der Waals surface area contributed by atoms with Crippen LogP contribution >= 0.6 is 0 Å². The Labute approximate surface area is 408 Å². The smallest absolute Gasteiger partial charge is 0.0546 e. The van der Waals surface area contributed by atoms with Crippen LogP contribution in [-0.4, -0.2) is 4.57 Å². The van der Waals surface area contributed by atoms with Gasteiger partial charge in [0.1, 0.15) is 0 Å². The molecule has 0 saturated heterocycles. The minimum absolute atomic E-state index is 1.07. The van der Waals surface area contributed by atoms with Crippen LogP contribution in [0, 0.1) is 0 Å². The predicted molar refractivity (Wildman–Crippen MR) is 298 cm³/mol. The van der Waals surface area contributed by atoms with E-state index in [2.05, 4.69) is 289 Å². The monoisotopic (exact) mass is 890 g/mol. The van der Waals surface area contributed by atoms with Crippen LogP contribution in [0.25, 0.3) is 105 Å². The fourth-order valence-corrected chi connectivity index (χ4v) is 10.8. The van der Waals surface area contributed by atoms with E-state index in [1.54, 1.807) is 0 Å². The molecular weight excluding hydrogens is 845 g/mol. The number of fused-ring (bicyclic) bond motifs is 6. The summed E-state index contributed by atoms with van der Waals surface area (Å²) in [5, 5.41) is 7.48. The second-order valence-corrected chi connectivity index (χ2v) is 18.0. The molecule has 0 fully saturated rings. The van der Waals surface area contributed by atoms with E-state index >= 15 is 0 Å². The zero-order valence-electron chi connectivity index (χ0n) is 38.5. The van der Waals surface area contributed by atoms with Gasteiger partial charge in [-0.1, -0.05) is 212 Å². The number of rotatable bonds is 9. The molecule has 2 heteroatoms. The molecule has 328 valence electrons. The van der Waals surface area contributed by atoms with Crippen molar-refractivity contribution in [2.45, 2.75) is 0 Å². The van der Waals surface area contributed by atoms with Gasteiger partial charge < -0.3 is 9.47 Å². The third kappa shape index (κ3) is 7.13. The van der Waals surface area contributed by atoms with Crippen LogP contribution < -0.4 is 4.90 Å². The maximum atomic E-state index is 2.47. The van der Waals surface area contributed by atoms with Crippen molar-refractivity contribution >= 4 is 60.4 Å². The summed E-state index contributed by atoms with van der Waals surface area (Å²) < 4.78 is 2.38. The number of hydrogen-bond donors (Lipinski definition) is 0. The summed E-state index contributed by atoms with van der Waals surface area (Å²) in [6.07, 6.45) is 0. The van der Waals surface area contributed by atoms with Crippen LogP contribution in [0.5, 0.6) is 0 Å². The second-order valence-electron chi connectivity index (χ2n) is 18.0. The first kappa shape index (κ1) is 41.0. The summed E-state index contributed by atoms with van der Waals surface area (Å²) in [5.74, 6) is 0. The Kier molecular flexibility index (Phi) is 10.2. The van der Waals surface area contributed by atoms with Crippen molar-refractivity contribution in [3.05, 3.63) is 279 Å². The molecular formula is C68H46N2. The van der Waals surface area contributed by atoms with E-state index in [-0.39, 0.29) is 0 Å². The molecule has 13 rings (SSSR count). The van der Waals surface area contributed by atoms with Gasteiger partial charge in [0.15, 0.2) is 0 Å². The fraction of sp³-hybridized carbons (Fsp3) is 0. The van der Waals surface area contributed by atoms with E-state index in [0.717, 1.165) is 39.4 Å². The number of nitrogens with zero attached hydrogens (tertiary/aromatic N) is 2. The SMILES string of the molecule is c1ccc(-c2ccccc2-c2c(-c3ccccc3)cccc2N(c2ccc(-c3cc4ccccc4c4ccccc34)cc2)c2cccc(-c3ccc4c(c3)c3ccccc3n4-c3ccccc3)c2)cc1. The largest absolute Gasteiger partial charge is 0.310 e. The quantitative estimate of drug-likeness (QED) is 0.131. The molecule has 70 heavy (non-hydrogen) atoms. The van der Waals surface area contributed by atoms with Crippen LogP contribution in [0.4, 0.5) is 17.1 Å². The van der Waals surface area contributed by atoms with Gasteiger partial charge in [-0.25, -0.2) is 0 Å². The molecule has 0 radical (unpaired) electrons. The molecule has 13 aromatic rings. The summed E-state index contributed by atoms with van der Waals surface area (Å²) in [6, 6.07) is 102. The fourth-order valence-electron chi connectivity index (χ4n) is 10.8. The first-order chi connectivity index (χ1) is 34.7. The number of hydrogen-bond acceptors (Lipinski definition) is 1. The van der Waals surface area contributed by atoms with Crippen LogP contribution in [0.1, 0.15) is 0 Å². The molecule has 0 aliphatic rings. The lowest BCUT2D eigenvalue weighted by atomic mass is 9.87. The second kappa shape index (κ2) is 17.4. The summed E-state index contributed by atoms with van der Waals surface area (Å²) in [7, 11) is 0. The molecule has 0 bridgehead atoms. The van der Waals surface area contributed by atoms with Crippen LogP contribution in [-0.2, 0) is 0 Å². The van der Waals surface area contributed by atoms with Crippen LogP contribution in [0.3, 0.4) is 0 Å². The standard InChI is InChI=1S/C68H46N2/c1-4-20-47(21-5-1)56-29-12-15-34-62(56)68-58(48-22-6-2-7-23-48)35-19-37-67(68)69(54-41-38-49(39-42-54)63-46-52-24-10-11-30-57(52)59-31-13-14-32-60(59)63)55-28-18-25-50(44-55)51-40-43-66-64(45-51)61-33-16-17-36-65(61)70(66)53-26-8-3-9-27-53/h1-46H. The minimum Gasteiger partial charge on any atom is -0.310 e. The highest BCUT2D eigenvalue weighted by Gasteiger charge is 2.24. The molecule has 12 aromatic carbocycles. The van der Waals surface area contributed by atoms with Gasteiger partial charge in [0.05, 0.1) is 16.7 Å². The Morgan fingerprint density at radius 3 is 1.56 bits per heavy atom. The summed E-state index contributed by atoms with van der Waals surface area (Å²) in [4.78, 5) is 2.47. The van der Waals surface area contributed by atoms with Gasteiger partial charge in [-0.15, -0.1) is 0 Å². The van der Waals surface area contributed by atoms with Gasteiger partial charge in [0.25, 0.3) is 0 Å². The maximum Gasteiger partial charge on any atom is 0.0546 e. The average molecular weight is 891 g/mol. The van der Waals surface area contributed by atoms with Crippen molar-refractivity contribution in [2.24, 2.45) is 0 Å². The molecule has 0 saturated carbocycles. The first-order valence-corrected chi connectivity index (χ1v) is 24.1. The highest BCUT2D eigenvalue weighted by Crippen LogP contribution is 2.49. The molecule has 0 amide bonds. The molecule has 0 aliphatic heterocycles. The normalized spacial score (nSPS) is 11.4. The van der Waals surface area contributed by atoms with E-state index < -0.39 is 0 Å². The van der Waals surface area contributed by atoms with Crippen molar-refractivity contribution in [3.8, 4) is 61.3 Å². The van der Waals surface area contributed by atoms with Crippen molar-refractivity contribution < 1.29 is 0 Å².